The molecule has 0 aromatic rings. The van der Waals surface area contributed by atoms with Gasteiger partial charge in [-0.3, -0.25) is 0 Å². The molecule has 0 unspecified atom stereocenters. The SMILES string of the molecule is CC1(C)[C@@H]2C[C@@](C)(O)[C@H](SCCO)C[C@@H]21. The first-order valence-electron chi connectivity index (χ1n) is 5.84. The summed E-state index contributed by atoms with van der Waals surface area (Å²) in [6, 6.07) is 0. The Morgan fingerprint density at radius 1 is 1.27 bits per heavy atom. The van der Waals surface area contributed by atoms with Crippen molar-refractivity contribution in [2.24, 2.45) is 17.3 Å². The van der Waals surface area contributed by atoms with E-state index in [0.717, 1.165) is 30.4 Å². The Balaban J connectivity index is 2.00. The van der Waals surface area contributed by atoms with E-state index in [1.807, 2.05) is 6.92 Å². The second-order valence-electron chi connectivity index (χ2n) is 5.91. The van der Waals surface area contributed by atoms with Gasteiger partial charge >= 0.3 is 0 Å². The van der Waals surface area contributed by atoms with Gasteiger partial charge in [0.2, 0.25) is 0 Å². The predicted octanol–water partition coefficient (Wildman–Crippen LogP) is 1.90. The molecule has 0 radical (unpaired) electrons. The predicted molar refractivity (Wildman–Crippen MR) is 64.0 cm³/mol. The third-order valence-corrected chi connectivity index (χ3v) is 6.01. The van der Waals surface area contributed by atoms with E-state index in [9.17, 15) is 5.11 Å². The van der Waals surface area contributed by atoms with Gasteiger partial charge in [-0.2, -0.15) is 11.8 Å². The average molecular weight is 230 g/mol. The molecule has 2 aliphatic carbocycles. The van der Waals surface area contributed by atoms with Crippen LogP contribution in [0.1, 0.15) is 33.6 Å². The van der Waals surface area contributed by atoms with Crippen LogP contribution in [0.5, 0.6) is 0 Å². The van der Waals surface area contributed by atoms with Crippen molar-refractivity contribution >= 4 is 11.8 Å². The van der Waals surface area contributed by atoms with E-state index < -0.39 is 5.60 Å². The number of aliphatic hydroxyl groups excluding tert-OH is 1. The van der Waals surface area contributed by atoms with Crippen LogP contribution in [0.15, 0.2) is 0 Å². The van der Waals surface area contributed by atoms with Gasteiger partial charge < -0.3 is 10.2 Å². The van der Waals surface area contributed by atoms with Crippen LogP contribution in [0.2, 0.25) is 0 Å². The van der Waals surface area contributed by atoms with Crippen LogP contribution in [0.3, 0.4) is 0 Å². The summed E-state index contributed by atoms with van der Waals surface area (Å²) in [4.78, 5) is 0. The van der Waals surface area contributed by atoms with Crippen LogP contribution < -0.4 is 0 Å². The van der Waals surface area contributed by atoms with Gasteiger partial charge in [0.15, 0.2) is 0 Å². The first-order chi connectivity index (χ1) is 6.89. The maximum absolute atomic E-state index is 10.4. The van der Waals surface area contributed by atoms with Crippen molar-refractivity contribution in [2.45, 2.75) is 44.5 Å². The van der Waals surface area contributed by atoms with E-state index in [1.165, 1.54) is 0 Å². The molecule has 15 heavy (non-hydrogen) atoms. The minimum atomic E-state index is -0.533. The van der Waals surface area contributed by atoms with Gasteiger partial charge in [0, 0.05) is 11.0 Å². The molecule has 2 saturated carbocycles. The number of aliphatic hydroxyl groups is 2. The summed E-state index contributed by atoms with van der Waals surface area (Å²) in [6.45, 7) is 6.82. The summed E-state index contributed by atoms with van der Waals surface area (Å²) in [7, 11) is 0. The summed E-state index contributed by atoms with van der Waals surface area (Å²) in [6.07, 6.45) is 2.06. The fourth-order valence-corrected chi connectivity index (χ4v) is 4.42. The van der Waals surface area contributed by atoms with Gasteiger partial charge in [0.1, 0.15) is 0 Å². The lowest BCUT2D eigenvalue weighted by molar-refractivity contribution is 0.0244. The quantitative estimate of drug-likeness (QED) is 0.778. The van der Waals surface area contributed by atoms with Crippen molar-refractivity contribution in [3.05, 3.63) is 0 Å². The number of fused-ring (bicyclic) bond motifs is 1. The fourth-order valence-electron chi connectivity index (χ4n) is 3.23. The minimum Gasteiger partial charge on any atom is -0.396 e. The van der Waals surface area contributed by atoms with Crippen LogP contribution in [-0.4, -0.2) is 33.4 Å². The Labute approximate surface area is 96.5 Å². The van der Waals surface area contributed by atoms with Gasteiger partial charge in [-0.25, -0.2) is 0 Å². The van der Waals surface area contributed by atoms with Gasteiger partial charge in [-0.05, 0) is 37.0 Å². The lowest BCUT2D eigenvalue weighted by atomic mass is 9.86. The summed E-state index contributed by atoms with van der Waals surface area (Å²) in [5, 5.41) is 19.5. The highest BCUT2D eigenvalue weighted by molar-refractivity contribution is 8.00. The van der Waals surface area contributed by atoms with E-state index in [2.05, 4.69) is 13.8 Å². The lowest BCUT2D eigenvalue weighted by Crippen LogP contribution is -2.41. The Kier molecular flexibility index (Phi) is 2.85. The fraction of sp³-hybridized carbons (Fsp3) is 1.00. The van der Waals surface area contributed by atoms with Crippen molar-refractivity contribution in [3.8, 4) is 0 Å². The first-order valence-corrected chi connectivity index (χ1v) is 6.89. The van der Waals surface area contributed by atoms with E-state index in [4.69, 9.17) is 5.11 Å². The van der Waals surface area contributed by atoms with Crippen molar-refractivity contribution in [2.75, 3.05) is 12.4 Å². The van der Waals surface area contributed by atoms with Gasteiger partial charge in [0.25, 0.3) is 0 Å². The molecule has 2 nitrogen and oxygen atoms in total. The van der Waals surface area contributed by atoms with E-state index in [1.54, 1.807) is 11.8 Å². The molecule has 0 aromatic carbocycles. The Hall–Kier alpha value is 0.270. The summed E-state index contributed by atoms with van der Waals surface area (Å²) in [5.74, 6) is 2.27. The van der Waals surface area contributed by atoms with E-state index in [0.29, 0.717) is 10.7 Å². The molecule has 4 atom stereocenters. The second kappa shape index (κ2) is 3.64. The van der Waals surface area contributed by atoms with E-state index >= 15 is 0 Å². The van der Waals surface area contributed by atoms with Gasteiger partial charge in [-0.15, -0.1) is 0 Å². The minimum absolute atomic E-state index is 0.217. The van der Waals surface area contributed by atoms with Crippen molar-refractivity contribution in [1.29, 1.82) is 0 Å². The monoisotopic (exact) mass is 230 g/mol. The molecule has 0 aromatic heterocycles. The second-order valence-corrected chi connectivity index (χ2v) is 7.23. The third kappa shape index (κ3) is 1.94. The van der Waals surface area contributed by atoms with E-state index in [-0.39, 0.29) is 6.61 Å². The molecule has 2 aliphatic rings. The number of rotatable bonds is 3. The maximum Gasteiger partial charge on any atom is 0.0740 e. The molecular weight excluding hydrogens is 208 g/mol. The smallest absolute Gasteiger partial charge is 0.0740 e. The lowest BCUT2D eigenvalue weighted by Gasteiger charge is -2.36. The zero-order valence-corrected chi connectivity index (χ0v) is 10.7. The highest BCUT2D eigenvalue weighted by atomic mass is 32.2. The molecule has 3 heteroatoms. The summed E-state index contributed by atoms with van der Waals surface area (Å²) < 4.78 is 0. The van der Waals surface area contributed by atoms with Gasteiger partial charge in [0.05, 0.1) is 12.2 Å². The largest absolute Gasteiger partial charge is 0.396 e. The topological polar surface area (TPSA) is 40.5 Å². The normalized spacial score (nSPS) is 47.4. The number of hydrogen-bond acceptors (Lipinski definition) is 3. The molecule has 88 valence electrons. The number of hydrogen-bond donors (Lipinski definition) is 2. The molecule has 0 amide bonds. The first kappa shape index (κ1) is 11.7. The molecule has 2 rings (SSSR count). The summed E-state index contributed by atoms with van der Waals surface area (Å²) >= 11 is 1.74. The molecule has 2 N–H and O–H groups in total. The highest BCUT2D eigenvalue weighted by Crippen LogP contribution is 2.67. The molecule has 0 spiro atoms. The van der Waals surface area contributed by atoms with Crippen molar-refractivity contribution < 1.29 is 10.2 Å². The highest BCUT2D eigenvalue weighted by Gasteiger charge is 2.63. The van der Waals surface area contributed by atoms with Crippen molar-refractivity contribution in [1.82, 2.24) is 0 Å². The van der Waals surface area contributed by atoms with Crippen LogP contribution in [0, 0.1) is 17.3 Å². The molecule has 0 aliphatic heterocycles. The molecule has 0 bridgehead atoms. The zero-order valence-electron chi connectivity index (χ0n) is 9.86. The molecule has 0 saturated heterocycles. The molecule has 2 fully saturated rings. The van der Waals surface area contributed by atoms with Crippen LogP contribution >= 0.6 is 11.8 Å². The number of thioether (sulfide) groups is 1. The Bertz CT molecular complexity index is 250. The zero-order chi connectivity index (χ0) is 11.3. The van der Waals surface area contributed by atoms with Crippen LogP contribution in [0.25, 0.3) is 0 Å². The average Bonchev–Trinajstić information content (AvgIpc) is 2.62. The maximum atomic E-state index is 10.4. The van der Waals surface area contributed by atoms with Gasteiger partial charge in [-0.1, -0.05) is 13.8 Å². The summed E-state index contributed by atoms with van der Waals surface area (Å²) in [5.41, 5.74) is -0.0900. The Morgan fingerprint density at radius 3 is 2.53 bits per heavy atom. The van der Waals surface area contributed by atoms with Crippen molar-refractivity contribution in [3.63, 3.8) is 0 Å². The molecule has 0 heterocycles. The third-order valence-electron chi connectivity index (χ3n) is 4.49. The Morgan fingerprint density at radius 2 is 1.93 bits per heavy atom. The van der Waals surface area contributed by atoms with Crippen LogP contribution in [0.4, 0.5) is 0 Å². The molecular formula is C12H22O2S. The van der Waals surface area contributed by atoms with Crippen LogP contribution in [-0.2, 0) is 0 Å². The standard InChI is InChI=1S/C12H22O2S/c1-11(2)8-6-10(15-5-4-13)12(3,14)7-9(8)11/h8-10,13-14H,4-7H2,1-3H3/t8-,9+,10+,12+/m0/s1.